The number of aryl methyl sites for hydroxylation is 2. The third-order valence-electron chi connectivity index (χ3n) is 4.72. The van der Waals surface area contributed by atoms with E-state index in [-0.39, 0.29) is 34.2 Å². The third kappa shape index (κ3) is 4.09. The molecule has 0 saturated carbocycles. The second-order valence-electron chi connectivity index (χ2n) is 7.12. The zero-order valence-electron chi connectivity index (χ0n) is 16.9. The van der Waals surface area contributed by atoms with Crippen LogP contribution in [0.1, 0.15) is 35.0 Å². The van der Waals surface area contributed by atoms with Crippen molar-refractivity contribution in [2.24, 2.45) is 0 Å². The Morgan fingerprint density at radius 1 is 1.19 bits per heavy atom. The number of fused-ring (bicyclic) bond motifs is 3. The molecule has 0 aliphatic rings. The Labute approximate surface area is 175 Å². The molecule has 0 unspecified atom stereocenters. The van der Waals surface area contributed by atoms with E-state index in [9.17, 15) is 13.6 Å². The van der Waals surface area contributed by atoms with Crippen LogP contribution in [0.4, 0.5) is 14.7 Å². The Kier molecular flexibility index (Phi) is 5.36. The Balaban J connectivity index is 1.42. The summed E-state index contributed by atoms with van der Waals surface area (Å²) in [5.41, 5.74) is 6.68. The molecule has 4 aromatic rings. The van der Waals surface area contributed by atoms with E-state index in [1.54, 1.807) is 14.0 Å². The number of nitrogens with two attached hydrogens (primary N) is 1. The van der Waals surface area contributed by atoms with Crippen LogP contribution in [0.3, 0.4) is 0 Å². The molecule has 12 heteroatoms. The average molecular weight is 427 g/mol. The van der Waals surface area contributed by atoms with E-state index in [1.165, 1.54) is 15.6 Å². The van der Waals surface area contributed by atoms with E-state index in [1.807, 2.05) is 0 Å². The monoisotopic (exact) mass is 427 g/mol. The van der Waals surface area contributed by atoms with E-state index in [0.717, 1.165) is 12.1 Å². The molecule has 2 N–H and O–H groups in total. The van der Waals surface area contributed by atoms with Crippen molar-refractivity contribution in [1.29, 1.82) is 0 Å². The first-order valence-electron chi connectivity index (χ1n) is 9.55. The lowest BCUT2D eigenvalue weighted by Gasteiger charge is -2.15. The molecule has 10 nitrogen and oxygen atoms in total. The van der Waals surface area contributed by atoms with Gasteiger partial charge in [0.15, 0.2) is 17.3 Å². The first kappa shape index (κ1) is 20.4. The molecule has 31 heavy (non-hydrogen) atoms. The summed E-state index contributed by atoms with van der Waals surface area (Å²) < 4.78 is 29.0. The normalized spacial score (nSPS) is 11.4. The number of nitrogen functional groups attached to an aromatic ring is 1. The SMILES string of the molecule is Cc1cnc(C(=O)N(C)CCCCc2nc3c4cc(F)cc(F)c4nc(N)n3n2)nn1. The van der Waals surface area contributed by atoms with E-state index in [0.29, 0.717) is 37.3 Å². The summed E-state index contributed by atoms with van der Waals surface area (Å²) in [5.74, 6) is -1.38. The Bertz CT molecular complexity index is 1270. The van der Waals surface area contributed by atoms with Crippen LogP contribution in [0.15, 0.2) is 18.3 Å². The van der Waals surface area contributed by atoms with Crippen LogP contribution in [0.25, 0.3) is 16.6 Å². The maximum atomic E-state index is 14.0. The van der Waals surface area contributed by atoms with Gasteiger partial charge in [-0.15, -0.1) is 10.2 Å². The summed E-state index contributed by atoms with van der Waals surface area (Å²) in [5, 5.41) is 12.1. The second-order valence-corrected chi connectivity index (χ2v) is 7.12. The maximum Gasteiger partial charge on any atom is 0.293 e. The minimum atomic E-state index is -0.811. The van der Waals surface area contributed by atoms with E-state index < -0.39 is 11.6 Å². The zero-order chi connectivity index (χ0) is 22.1. The molecule has 1 amide bonds. The quantitative estimate of drug-likeness (QED) is 0.461. The first-order valence-corrected chi connectivity index (χ1v) is 9.55. The van der Waals surface area contributed by atoms with Gasteiger partial charge in [-0.05, 0) is 25.8 Å². The highest BCUT2D eigenvalue weighted by Crippen LogP contribution is 2.23. The highest BCUT2D eigenvalue weighted by Gasteiger charge is 2.17. The number of rotatable bonds is 6. The molecule has 1 aromatic carbocycles. The molecule has 0 spiro atoms. The molecule has 3 heterocycles. The summed E-state index contributed by atoms with van der Waals surface area (Å²) in [4.78, 5) is 26.2. The molecule has 4 rings (SSSR count). The molecule has 3 aromatic heterocycles. The van der Waals surface area contributed by atoms with Gasteiger partial charge in [0.05, 0.1) is 17.3 Å². The van der Waals surface area contributed by atoms with Crippen LogP contribution < -0.4 is 5.73 Å². The zero-order valence-corrected chi connectivity index (χ0v) is 16.9. The predicted octanol–water partition coefficient (Wildman–Crippen LogP) is 1.73. The van der Waals surface area contributed by atoms with Gasteiger partial charge < -0.3 is 10.6 Å². The summed E-state index contributed by atoms with van der Waals surface area (Å²) in [6.07, 6.45) is 3.33. The van der Waals surface area contributed by atoms with E-state index >= 15 is 0 Å². The number of amides is 1. The topological polar surface area (TPSA) is 128 Å². The first-order chi connectivity index (χ1) is 14.8. The van der Waals surface area contributed by atoms with Gasteiger partial charge in [0.25, 0.3) is 5.91 Å². The van der Waals surface area contributed by atoms with Crippen molar-refractivity contribution < 1.29 is 13.6 Å². The van der Waals surface area contributed by atoms with Gasteiger partial charge in [0.2, 0.25) is 11.8 Å². The van der Waals surface area contributed by atoms with Crippen molar-refractivity contribution in [3.05, 3.63) is 47.3 Å². The minimum Gasteiger partial charge on any atom is -0.368 e. The number of aromatic nitrogens is 7. The molecule has 0 fully saturated rings. The molecule has 0 atom stereocenters. The summed E-state index contributed by atoms with van der Waals surface area (Å²) in [6, 6.07) is 1.90. The molecular formula is C19H19F2N9O. The van der Waals surface area contributed by atoms with Crippen LogP contribution >= 0.6 is 0 Å². The average Bonchev–Trinajstić information content (AvgIpc) is 3.17. The number of halogens is 2. The van der Waals surface area contributed by atoms with Crippen LogP contribution in [0, 0.1) is 18.6 Å². The lowest BCUT2D eigenvalue weighted by Crippen LogP contribution is -2.29. The molecular weight excluding hydrogens is 408 g/mol. The van der Waals surface area contributed by atoms with Crippen LogP contribution in [0.5, 0.6) is 0 Å². The van der Waals surface area contributed by atoms with Crippen molar-refractivity contribution in [2.75, 3.05) is 19.3 Å². The number of carbonyl (C=O) groups is 1. The standard InChI is InChI=1S/C19H19F2N9O/c1-10-9-23-16(27-26-10)18(31)29(2)6-4-3-5-14-24-17-12-7-11(20)8-13(21)15(12)25-19(22)30(17)28-14/h7-9H,3-6H2,1-2H3,(H2,22,25). The number of benzene rings is 1. The van der Waals surface area contributed by atoms with Gasteiger partial charge >= 0.3 is 0 Å². The Morgan fingerprint density at radius 3 is 2.74 bits per heavy atom. The number of hydrogen-bond donors (Lipinski definition) is 1. The van der Waals surface area contributed by atoms with Gasteiger partial charge in [-0.25, -0.2) is 23.7 Å². The summed E-state index contributed by atoms with van der Waals surface area (Å²) in [7, 11) is 1.66. The van der Waals surface area contributed by atoms with Crippen molar-refractivity contribution in [2.45, 2.75) is 26.2 Å². The van der Waals surface area contributed by atoms with E-state index in [2.05, 4.69) is 30.2 Å². The third-order valence-corrected chi connectivity index (χ3v) is 4.72. The molecule has 0 radical (unpaired) electrons. The van der Waals surface area contributed by atoms with Gasteiger partial charge in [0.1, 0.15) is 11.3 Å². The fraction of sp³-hybridized carbons (Fsp3) is 0.316. The second kappa shape index (κ2) is 8.13. The summed E-state index contributed by atoms with van der Waals surface area (Å²) in [6.45, 7) is 2.22. The predicted molar refractivity (Wildman–Crippen MR) is 107 cm³/mol. The van der Waals surface area contributed by atoms with Gasteiger partial charge in [-0.3, -0.25) is 4.79 Å². The number of anilines is 1. The fourth-order valence-electron chi connectivity index (χ4n) is 3.14. The van der Waals surface area contributed by atoms with Crippen LogP contribution in [-0.2, 0) is 6.42 Å². The maximum absolute atomic E-state index is 14.0. The molecule has 160 valence electrons. The molecule has 0 aliphatic heterocycles. The highest BCUT2D eigenvalue weighted by atomic mass is 19.1. The van der Waals surface area contributed by atoms with Gasteiger partial charge in [-0.2, -0.15) is 9.61 Å². The minimum absolute atomic E-state index is 0.0382. The summed E-state index contributed by atoms with van der Waals surface area (Å²) >= 11 is 0. The number of hydrogen-bond acceptors (Lipinski definition) is 8. The number of carbonyl (C=O) groups excluding carboxylic acids is 1. The molecule has 0 aliphatic carbocycles. The van der Waals surface area contributed by atoms with Crippen molar-refractivity contribution in [3.63, 3.8) is 0 Å². The number of nitrogens with zero attached hydrogens (tertiary/aromatic N) is 8. The fourth-order valence-corrected chi connectivity index (χ4v) is 3.14. The highest BCUT2D eigenvalue weighted by molar-refractivity contribution is 5.92. The van der Waals surface area contributed by atoms with Crippen LogP contribution in [-0.4, -0.2) is 59.2 Å². The van der Waals surface area contributed by atoms with Crippen molar-refractivity contribution in [1.82, 2.24) is 39.7 Å². The lowest BCUT2D eigenvalue weighted by atomic mass is 10.2. The van der Waals surface area contributed by atoms with Gasteiger partial charge in [0, 0.05) is 26.1 Å². The molecule has 0 saturated heterocycles. The Hall–Kier alpha value is -3.83. The Morgan fingerprint density at radius 2 is 2.00 bits per heavy atom. The van der Waals surface area contributed by atoms with Crippen LogP contribution in [0.2, 0.25) is 0 Å². The smallest absolute Gasteiger partial charge is 0.293 e. The number of unbranched alkanes of at least 4 members (excludes halogenated alkanes) is 1. The van der Waals surface area contributed by atoms with Gasteiger partial charge in [-0.1, -0.05) is 0 Å². The van der Waals surface area contributed by atoms with Crippen molar-refractivity contribution >= 4 is 28.4 Å². The van der Waals surface area contributed by atoms with E-state index in [4.69, 9.17) is 5.73 Å². The lowest BCUT2D eigenvalue weighted by molar-refractivity contribution is 0.0779. The largest absolute Gasteiger partial charge is 0.368 e. The molecule has 0 bridgehead atoms. The van der Waals surface area contributed by atoms with Crippen molar-refractivity contribution in [3.8, 4) is 0 Å².